The van der Waals surface area contributed by atoms with Crippen LogP contribution in [0.1, 0.15) is 127 Å². The lowest BCUT2D eigenvalue weighted by atomic mass is 9.70. The maximum absolute atomic E-state index is 13.6. The van der Waals surface area contributed by atoms with Crippen LogP contribution < -0.4 is 0 Å². The van der Waals surface area contributed by atoms with E-state index < -0.39 is 113 Å². The molecule has 0 spiro atoms. The molecule has 4 aliphatic rings. The van der Waals surface area contributed by atoms with Crippen LogP contribution in [0.4, 0.5) is 0 Å². The summed E-state index contributed by atoms with van der Waals surface area (Å²) in [6.45, 7) is 15.2. The number of esters is 5. The number of hydrogen-bond donors (Lipinski definition) is 3. The lowest BCUT2D eigenvalue weighted by Crippen LogP contribution is -2.62. The zero-order valence-electron chi connectivity index (χ0n) is 37.6. The van der Waals surface area contributed by atoms with Crippen molar-refractivity contribution in [2.45, 2.75) is 187 Å². The van der Waals surface area contributed by atoms with E-state index >= 15 is 0 Å². The Kier molecular flexibility index (Phi) is 16.2. The van der Waals surface area contributed by atoms with Gasteiger partial charge in [-0.1, -0.05) is 57.9 Å². The highest BCUT2D eigenvalue weighted by Gasteiger charge is 2.58. The molecular formula is C45H68O16. The number of aliphatic hydroxyl groups excluding tert-OH is 1. The minimum atomic E-state index is -2.03. The first kappa shape index (κ1) is 50.0. The summed E-state index contributed by atoms with van der Waals surface area (Å²) >= 11 is 0. The summed E-state index contributed by atoms with van der Waals surface area (Å²) in [5.74, 6) is -7.08. The largest absolute Gasteiger partial charge is 0.466 e. The summed E-state index contributed by atoms with van der Waals surface area (Å²) in [6.07, 6.45) is -1.73. The molecule has 61 heavy (non-hydrogen) atoms. The fraction of sp³-hybridized carbons (Fsp3) is 0.756. The molecule has 6 bridgehead atoms. The number of aliphatic hydroxyl groups is 3. The van der Waals surface area contributed by atoms with Gasteiger partial charge in [0, 0.05) is 56.1 Å². The Morgan fingerprint density at radius 2 is 1.48 bits per heavy atom. The summed E-state index contributed by atoms with van der Waals surface area (Å²) < 4.78 is 46.9. The van der Waals surface area contributed by atoms with Crippen molar-refractivity contribution >= 4 is 29.8 Å². The monoisotopic (exact) mass is 864 g/mol. The van der Waals surface area contributed by atoms with Crippen LogP contribution >= 0.6 is 0 Å². The molecule has 0 saturated carbocycles. The molecule has 0 aromatic rings. The van der Waals surface area contributed by atoms with E-state index in [1.807, 2.05) is 0 Å². The van der Waals surface area contributed by atoms with Crippen LogP contribution in [0.25, 0.3) is 0 Å². The third kappa shape index (κ3) is 12.7. The van der Waals surface area contributed by atoms with Gasteiger partial charge < -0.3 is 53.2 Å². The second-order valence-corrected chi connectivity index (χ2v) is 19.1. The molecule has 0 radical (unpaired) electrons. The number of rotatable bonds is 6. The van der Waals surface area contributed by atoms with E-state index in [2.05, 4.69) is 0 Å². The highest BCUT2D eigenvalue weighted by Crippen LogP contribution is 2.50. The lowest BCUT2D eigenvalue weighted by molar-refractivity contribution is -0.349. The van der Waals surface area contributed by atoms with E-state index in [-0.39, 0.29) is 57.8 Å². The molecule has 4 aliphatic heterocycles. The van der Waals surface area contributed by atoms with Crippen LogP contribution in [0, 0.1) is 16.2 Å². The van der Waals surface area contributed by atoms with Crippen LogP contribution in [0.2, 0.25) is 0 Å². The fourth-order valence-electron chi connectivity index (χ4n) is 8.19. The predicted octanol–water partition coefficient (Wildman–Crippen LogP) is 4.83. The van der Waals surface area contributed by atoms with Crippen molar-refractivity contribution in [3.8, 4) is 0 Å². The van der Waals surface area contributed by atoms with Gasteiger partial charge in [-0.3, -0.25) is 14.4 Å². The minimum absolute atomic E-state index is 0.0535. The molecule has 0 aromatic heterocycles. The van der Waals surface area contributed by atoms with Crippen LogP contribution in [-0.4, -0.2) is 120 Å². The Morgan fingerprint density at radius 1 is 0.869 bits per heavy atom. The van der Waals surface area contributed by atoms with Gasteiger partial charge in [0.05, 0.1) is 62.0 Å². The fourth-order valence-corrected chi connectivity index (χ4v) is 8.19. The standard InChI is InChI=1S/C45H68O16/c1-12-36(47)56-26(2)34-22-31-17-28(19-38(49)55-11)24-44(52,60-31)42(6,7)14-13-30-15-27(18-37(48)54-10)16-33(57-30)25-45(53)43(8,9)35(59-40(51)41(3,4)5)23-32(61-45)20-29(46)21-39(50)58-34/h13-14,18-19,26,29-35,46,52-53H,12,15-17,20-25H2,1-11H3. The summed E-state index contributed by atoms with van der Waals surface area (Å²) in [7, 11) is 2.51. The number of cyclic esters (lactones) is 1. The number of carbonyl (C=O) groups is 5. The molecular weight excluding hydrogens is 796 g/mol. The number of methoxy groups -OCH3 is 2. The summed E-state index contributed by atoms with van der Waals surface area (Å²) in [6, 6.07) is 0. The van der Waals surface area contributed by atoms with E-state index in [9.17, 15) is 39.3 Å². The van der Waals surface area contributed by atoms with E-state index in [0.29, 0.717) is 11.1 Å². The van der Waals surface area contributed by atoms with Crippen LogP contribution in [-0.2, 0) is 61.9 Å². The molecule has 10 unspecified atom stereocenters. The molecule has 4 heterocycles. The van der Waals surface area contributed by atoms with Crippen molar-refractivity contribution in [2.24, 2.45) is 16.2 Å². The highest BCUT2D eigenvalue weighted by molar-refractivity contribution is 5.83. The van der Waals surface area contributed by atoms with Gasteiger partial charge in [-0.25, -0.2) is 9.59 Å². The maximum atomic E-state index is 13.6. The average Bonchev–Trinajstić information content (AvgIpc) is 3.14. The van der Waals surface area contributed by atoms with Gasteiger partial charge in [0.2, 0.25) is 0 Å². The molecule has 0 aromatic carbocycles. The number of ether oxygens (including phenoxy) is 8. The Hall–Kier alpha value is -3.67. The van der Waals surface area contributed by atoms with Gasteiger partial charge in [0.1, 0.15) is 18.3 Å². The topological polar surface area (TPSA) is 220 Å². The van der Waals surface area contributed by atoms with Gasteiger partial charge >= 0.3 is 29.8 Å². The van der Waals surface area contributed by atoms with Gasteiger partial charge in [0.15, 0.2) is 11.6 Å². The van der Waals surface area contributed by atoms with E-state index in [1.54, 1.807) is 74.5 Å². The molecule has 10 atom stereocenters. The predicted molar refractivity (Wildman–Crippen MR) is 218 cm³/mol. The first-order valence-electron chi connectivity index (χ1n) is 21.2. The zero-order chi connectivity index (χ0) is 45.7. The Bertz CT molecular complexity index is 1700. The molecule has 0 aliphatic carbocycles. The van der Waals surface area contributed by atoms with Crippen molar-refractivity contribution in [1.29, 1.82) is 0 Å². The molecule has 4 rings (SSSR count). The zero-order valence-corrected chi connectivity index (χ0v) is 37.6. The van der Waals surface area contributed by atoms with Crippen LogP contribution in [0.15, 0.2) is 35.5 Å². The third-order valence-corrected chi connectivity index (χ3v) is 12.3. The number of fused-ring (bicyclic) bond motifs is 6. The molecule has 3 fully saturated rings. The molecule has 16 heteroatoms. The molecule has 16 nitrogen and oxygen atoms in total. The van der Waals surface area contributed by atoms with E-state index in [1.165, 1.54) is 26.4 Å². The molecule has 3 saturated heterocycles. The van der Waals surface area contributed by atoms with Crippen molar-refractivity contribution in [3.63, 3.8) is 0 Å². The van der Waals surface area contributed by atoms with Gasteiger partial charge in [-0.05, 0) is 47.0 Å². The SMILES string of the molecule is CCC(=O)OC(C)C1CC2CC(=CC(=O)OC)CC(O)(O2)C(C)(C)C=CC2CC(=CC(=O)OC)CC(CC3(O)OC(CC(O)CC(=O)O1)CC(OC(=O)C(C)(C)C)C3(C)C)O2. The molecule has 0 amide bonds. The Balaban J connectivity index is 1.84. The van der Waals surface area contributed by atoms with Crippen molar-refractivity contribution in [3.05, 3.63) is 35.5 Å². The van der Waals surface area contributed by atoms with Crippen LogP contribution in [0.5, 0.6) is 0 Å². The number of carbonyl (C=O) groups excluding carboxylic acids is 5. The second-order valence-electron chi connectivity index (χ2n) is 19.1. The Morgan fingerprint density at radius 3 is 2.08 bits per heavy atom. The summed E-state index contributed by atoms with van der Waals surface area (Å²) in [4.78, 5) is 64.4. The summed E-state index contributed by atoms with van der Waals surface area (Å²) in [5, 5.41) is 36.4. The van der Waals surface area contributed by atoms with Crippen molar-refractivity contribution < 1.29 is 77.2 Å². The van der Waals surface area contributed by atoms with E-state index in [0.717, 1.165) is 0 Å². The van der Waals surface area contributed by atoms with Gasteiger partial charge in [-0.2, -0.15) is 0 Å². The summed E-state index contributed by atoms with van der Waals surface area (Å²) in [5.41, 5.74) is -2.14. The number of hydrogen-bond acceptors (Lipinski definition) is 16. The maximum Gasteiger partial charge on any atom is 0.330 e. The molecule has 344 valence electrons. The minimum Gasteiger partial charge on any atom is -0.466 e. The second kappa shape index (κ2) is 19.8. The third-order valence-electron chi connectivity index (χ3n) is 12.3. The van der Waals surface area contributed by atoms with Gasteiger partial charge in [-0.15, -0.1) is 0 Å². The molecule has 3 N–H and O–H groups in total. The van der Waals surface area contributed by atoms with E-state index in [4.69, 9.17) is 37.9 Å². The van der Waals surface area contributed by atoms with Crippen molar-refractivity contribution in [2.75, 3.05) is 14.2 Å². The van der Waals surface area contributed by atoms with Crippen molar-refractivity contribution in [1.82, 2.24) is 0 Å². The first-order valence-corrected chi connectivity index (χ1v) is 21.2. The van der Waals surface area contributed by atoms with Gasteiger partial charge in [0.25, 0.3) is 0 Å². The quantitative estimate of drug-likeness (QED) is 0.141. The lowest BCUT2D eigenvalue weighted by Gasteiger charge is -2.54. The highest BCUT2D eigenvalue weighted by atomic mass is 16.7. The first-order chi connectivity index (χ1) is 28.2. The smallest absolute Gasteiger partial charge is 0.330 e. The normalized spacial score (nSPS) is 35.2. The average molecular weight is 865 g/mol. The van der Waals surface area contributed by atoms with Crippen LogP contribution in [0.3, 0.4) is 0 Å². The Labute approximate surface area is 359 Å².